The van der Waals surface area contributed by atoms with Gasteiger partial charge in [0.1, 0.15) is 5.76 Å². The second-order valence-electron chi connectivity index (χ2n) is 3.69. The molecule has 0 bridgehead atoms. The highest BCUT2D eigenvalue weighted by atomic mass is 16.4. The molecule has 0 unspecified atom stereocenters. The zero-order valence-corrected chi connectivity index (χ0v) is 8.83. The molecule has 0 aliphatic heterocycles. The number of hydrogen-bond acceptors (Lipinski definition) is 3. The summed E-state index contributed by atoms with van der Waals surface area (Å²) in [6.45, 7) is 3.74. The molecule has 0 aliphatic rings. The number of furan rings is 1. The molecule has 1 amide bonds. The van der Waals surface area contributed by atoms with E-state index in [-0.39, 0.29) is 18.2 Å². The van der Waals surface area contributed by atoms with E-state index < -0.39 is 5.54 Å². The van der Waals surface area contributed by atoms with Crippen molar-refractivity contribution in [3.8, 4) is 12.3 Å². The third-order valence-corrected chi connectivity index (χ3v) is 1.87. The number of carbonyl (C=O) groups excluding carboxylic acids is 1. The fourth-order valence-electron chi connectivity index (χ4n) is 0.991. The molecule has 1 heterocycles. The molecule has 4 heteroatoms. The van der Waals surface area contributed by atoms with E-state index in [0.717, 1.165) is 0 Å². The van der Waals surface area contributed by atoms with E-state index in [1.807, 2.05) is 0 Å². The largest absolute Gasteiger partial charge is 0.455 e. The Morgan fingerprint density at radius 1 is 1.67 bits per heavy atom. The lowest BCUT2D eigenvalue weighted by Gasteiger charge is -2.18. The minimum Gasteiger partial charge on any atom is -0.455 e. The first-order valence-corrected chi connectivity index (χ1v) is 4.57. The van der Waals surface area contributed by atoms with Crippen LogP contribution in [-0.4, -0.2) is 11.4 Å². The van der Waals surface area contributed by atoms with Crippen molar-refractivity contribution in [3.63, 3.8) is 0 Å². The van der Waals surface area contributed by atoms with E-state index >= 15 is 0 Å². The fraction of sp³-hybridized carbons (Fsp3) is 0.364. The molecule has 0 saturated heterocycles. The standard InChI is InChI=1S/C11H14N2O2/c1-4-11(2,3)13-10(14)9-6-5-8(7-12)15-9/h1,5-6H,7,12H2,2-3H3,(H,13,14). The van der Waals surface area contributed by atoms with Crippen molar-refractivity contribution in [2.24, 2.45) is 5.73 Å². The first-order valence-electron chi connectivity index (χ1n) is 4.57. The molecule has 3 N–H and O–H groups in total. The first-order chi connectivity index (χ1) is 6.98. The van der Waals surface area contributed by atoms with Gasteiger partial charge in [-0.1, -0.05) is 5.92 Å². The predicted molar refractivity (Wildman–Crippen MR) is 57.0 cm³/mol. The summed E-state index contributed by atoms with van der Waals surface area (Å²) >= 11 is 0. The van der Waals surface area contributed by atoms with Crippen LogP contribution in [-0.2, 0) is 6.54 Å². The molecular formula is C11H14N2O2. The Labute approximate surface area is 88.8 Å². The normalized spacial score (nSPS) is 10.8. The summed E-state index contributed by atoms with van der Waals surface area (Å²) in [5.41, 5.74) is 4.67. The highest BCUT2D eigenvalue weighted by Crippen LogP contribution is 2.09. The number of rotatable bonds is 3. The van der Waals surface area contributed by atoms with Gasteiger partial charge in [0.2, 0.25) is 0 Å². The maximum absolute atomic E-state index is 11.6. The van der Waals surface area contributed by atoms with Crippen molar-refractivity contribution in [3.05, 3.63) is 23.7 Å². The molecule has 0 aromatic carbocycles. The first kappa shape index (κ1) is 11.3. The van der Waals surface area contributed by atoms with Gasteiger partial charge in [-0.15, -0.1) is 6.42 Å². The quantitative estimate of drug-likeness (QED) is 0.721. The van der Waals surface area contributed by atoms with Crippen LogP contribution in [0.2, 0.25) is 0 Å². The molecule has 0 fully saturated rings. The summed E-state index contributed by atoms with van der Waals surface area (Å²) in [4.78, 5) is 11.6. The van der Waals surface area contributed by atoms with Crippen LogP contribution in [0.25, 0.3) is 0 Å². The molecule has 0 spiro atoms. The Hall–Kier alpha value is -1.73. The lowest BCUT2D eigenvalue weighted by molar-refractivity contribution is 0.0900. The van der Waals surface area contributed by atoms with Gasteiger partial charge in [0, 0.05) is 0 Å². The Balaban J connectivity index is 2.74. The van der Waals surface area contributed by atoms with Crippen molar-refractivity contribution in [1.82, 2.24) is 5.32 Å². The van der Waals surface area contributed by atoms with Crippen LogP contribution in [0, 0.1) is 12.3 Å². The summed E-state index contributed by atoms with van der Waals surface area (Å²) in [6.07, 6.45) is 5.25. The number of hydrogen-bond donors (Lipinski definition) is 2. The zero-order valence-electron chi connectivity index (χ0n) is 8.83. The zero-order chi connectivity index (χ0) is 11.5. The van der Waals surface area contributed by atoms with Crippen LogP contribution in [0.1, 0.15) is 30.2 Å². The number of nitrogens with two attached hydrogens (primary N) is 1. The minimum atomic E-state index is -0.688. The van der Waals surface area contributed by atoms with Crippen LogP contribution >= 0.6 is 0 Å². The molecule has 0 aliphatic carbocycles. The van der Waals surface area contributed by atoms with Gasteiger partial charge in [-0.2, -0.15) is 0 Å². The van der Waals surface area contributed by atoms with E-state index in [2.05, 4.69) is 11.2 Å². The van der Waals surface area contributed by atoms with E-state index in [9.17, 15) is 4.79 Å². The van der Waals surface area contributed by atoms with Crippen LogP contribution in [0.4, 0.5) is 0 Å². The van der Waals surface area contributed by atoms with Gasteiger partial charge in [0.15, 0.2) is 5.76 Å². The minimum absolute atomic E-state index is 0.221. The maximum atomic E-state index is 11.6. The molecule has 0 saturated carbocycles. The fourth-order valence-corrected chi connectivity index (χ4v) is 0.991. The Kier molecular flexibility index (Phi) is 3.17. The lowest BCUT2D eigenvalue weighted by Crippen LogP contribution is -2.41. The molecule has 0 radical (unpaired) electrons. The molecule has 80 valence electrons. The van der Waals surface area contributed by atoms with Crippen molar-refractivity contribution < 1.29 is 9.21 Å². The molecule has 1 rings (SSSR count). The van der Waals surface area contributed by atoms with E-state index in [1.54, 1.807) is 26.0 Å². The van der Waals surface area contributed by atoms with Crippen molar-refractivity contribution >= 4 is 5.91 Å². The summed E-state index contributed by atoms with van der Waals surface area (Å²) in [5.74, 6) is 2.92. The molecule has 0 atom stereocenters. The van der Waals surface area contributed by atoms with Gasteiger partial charge in [0.05, 0.1) is 12.1 Å². The van der Waals surface area contributed by atoms with Gasteiger partial charge < -0.3 is 15.5 Å². The summed E-state index contributed by atoms with van der Waals surface area (Å²) in [7, 11) is 0. The average molecular weight is 206 g/mol. The van der Waals surface area contributed by atoms with Crippen molar-refractivity contribution in [1.29, 1.82) is 0 Å². The third-order valence-electron chi connectivity index (χ3n) is 1.87. The van der Waals surface area contributed by atoms with Gasteiger partial charge in [-0.3, -0.25) is 4.79 Å². The maximum Gasteiger partial charge on any atom is 0.288 e. The number of amides is 1. The summed E-state index contributed by atoms with van der Waals surface area (Å²) < 4.78 is 5.18. The molecule has 4 nitrogen and oxygen atoms in total. The Morgan fingerprint density at radius 3 is 2.80 bits per heavy atom. The number of nitrogens with one attached hydrogen (secondary N) is 1. The monoisotopic (exact) mass is 206 g/mol. The van der Waals surface area contributed by atoms with Crippen LogP contribution in [0.3, 0.4) is 0 Å². The summed E-state index contributed by atoms with van der Waals surface area (Å²) in [5, 5.41) is 2.65. The van der Waals surface area contributed by atoms with Crippen molar-refractivity contribution in [2.45, 2.75) is 25.9 Å². The van der Waals surface area contributed by atoms with Crippen LogP contribution < -0.4 is 11.1 Å². The topological polar surface area (TPSA) is 68.3 Å². The second kappa shape index (κ2) is 4.20. The molecule has 1 aromatic rings. The number of terminal acetylenes is 1. The van der Waals surface area contributed by atoms with Gasteiger partial charge >= 0.3 is 0 Å². The van der Waals surface area contributed by atoms with Crippen LogP contribution in [0.5, 0.6) is 0 Å². The third kappa shape index (κ3) is 2.86. The van der Waals surface area contributed by atoms with Gasteiger partial charge in [-0.25, -0.2) is 0 Å². The predicted octanol–water partition coefficient (Wildman–Crippen LogP) is 0.880. The van der Waals surface area contributed by atoms with E-state index in [4.69, 9.17) is 16.6 Å². The number of carbonyl (C=O) groups is 1. The summed E-state index contributed by atoms with van der Waals surface area (Å²) in [6, 6.07) is 3.24. The molecular weight excluding hydrogens is 192 g/mol. The molecule has 15 heavy (non-hydrogen) atoms. The van der Waals surface area contributed by atoms with Gasteiger partial charge in [0.25, 0.3) is 5.91 Å². The van der Waals surface area contributed by atoms with Crippen molar-refractivity contribution in [2.75, 3.05) is 0 Å². The Morgan fingerprint density at radius 2 is 2.33 bits per heavy atom. The van der Waals surface area contributed by atoms with Crippen LogP contribution in [0.15, 0.2) is 16.5 Å². The highest BCUT2D eigenvalue weighted by Gasteiger charge is 2.20. The van der Waals surface area contributed by atoms with Gasteiger partial charge in [-0.05, 0) is 26.0 Å². The van der Waals surface area contributed by atoms with E-state index in [0.29, 0.717) is 5.76 Å². The van der Waals surface area contributed by atoms with E-state index in [1.165, 1.54) is 0 Å². The highest BCUT2D eigenvalue weighted by molar-refractivity contribution is 5.92. The molecule has 1 aromatic heterocycles. The second-order valence-corrected chi connectivity index (χ2v) is 3.69. The smallest absolute Gasteiger partial charge is 0.288 e. The average Bonchev–Trinajstić information content (AvgIpc) is 2.65. The SMILES string of the molecule is C#CC(C)(C)NC(=O)c1ccc(CN)o1. The lowest BCUT2D eigenvalue weighted by atomic mass is 10.1. The Bertz CT molecular complexity index is 399.